The van der Waals surface area contributed by atoms with Crippen LogP contribution in [-0.4, -0.2) is 28.5 Å². The zero-order valence-electron chi connectivity index (χ0n) is 13.9. The van der Waals surface area contributed by atoms with Crippen LogP contribution in [0, 0.1) is 0 Å². The fourth-order valence-electron chi connectivity index (χ4n) is 2.65. The average Bonchev–Trinajstić information content (AvgIpc) is 3.32. The van der Waals surface area contributed by atoms with Gasteiger partial charge in [-0.25, -0.2) is 4.79 Å². The zero-order chi connectivity index (χ0) is 17.8. The Morgan fingerprint density at radius 1 is 1.27 bits per heavy atom. The van der Waals surface area contributed by atoms with Crippen LogP contribution in [0.3, 0.4) is 0 Å². The quantitative estimate of drug-likeness (QED) is 0.723. The summed E-state index contributed by atoms with van der Waals surface area (Å²) in [4.78, 5) is 13.0. The first kappa shape index (κ1) is 16.5. The number of ether oxygens (including phenoxy) is 2. The molecular formula is C18H18N4O3S. The largest absolute Gasteiger partial charge is 0.486 e. The van der Waals surface area contributed by atoms with Gasteiger partial charge < -0.3 is 20.1 Å². The molecule has 0 saturated heterocycles. The number of rotatable bonds is 5. The highest BCUT2D eigenvalue weighted by Crippen LogP contribution is 2.31. The maximum atomic E-state index is 11.9. The summed E-state index contributed by atoms with van der Waals surface area (Å²) in [5.74, 6) is 1.50. The van der Waals surface area contributed by atoms with Crippen molar-refractivity contribution in [2.24, 2.45) is 0 Å². The number of thiophene rings is 1. The molecule has 1 aliphatic heterocycles. The number of carbonyl (C=O) groups excluding carboxylic acids is 1. The van der Waals surface area contributed by atoms with E-state index in [1.54, 1.807) is 28.4 Å². The predicted octanol–water partition coefficient (Wildman–Crippen LogP) is 3.11. The second kappa shape index (κ2) is 7.49. The van der Waals surface area contributed by atoms with Gasteiger partial charge in [0.05, 0.1) is 25.0 Å². The van der Waals surface area contributed by atoms with E-state index in [1.165, 1.54) is 0 Å². The molecule has 0 bridgehead atoms. The van der Waals surface area contributed by atoms with Crippen molar-refractivity contribution in [2.75, 3.05) is 11.9 Å². The van der Waals surface area contributed by atoms with Crippen LogP contribution in [0.5, 0.6) is 11.5 Å². The van der Waals surface area contributed by atoms with Crippen LogP contribution < -0.4 is 20.1 Å². The van der Waals surface area contributed by atoms with Crippen LogP contribution in [0.25, 0.3) is 0 Å². The van der Waals surface area contributed by atoms with E-state index in [4.69, 9.17) is 9.47 Å². The Balaban J connectivity index is 1.29. The van der Waals surface area contributed by atoms with Crippen molar-refractivity contribution < 1.29 is 14.3 Å². The average molecular weight is 370 g/mol. The van der Waals surface area contributed by atoms with E-state index in [2.05, 4.69) is 15.7 Å². The van der Waals surface area contributed by atoms with Crippen LogP contribution in [0.2, 0.25) is 0 Å². The number of urea groups is 1. The Morgan fingerprint density at radius 2 is 2.15 bits per heavy atom. The number of benzene rings is 1. The molecule has 26 heavy (non-hydrogen) atoms. The summed E-state index contributed by atoms with van der Waals surface area (Å²) in [7, 11) is 0. The van der Waals surface area contributed by atoms with Crippen LogP contribution in [0.4, 0.5) is 10.5 Å². The lowest BCUT2D eigenvalue weighted by atomic mass is 10.2. The first-order chi connectivity index (χ1) is 12.8. The van der Waals surface area contributed by atoms with Crippen LogP contribution in [0.15, 0.2) is 54.2 Å². The van der Waals surface area contributed by atoms with Gasteiger partial charge in [0.2, 0.25) is 0 Å². The Morgan fingerprint density at radius 3 is 3.00 bits per heavy atom. The number of amides is 2. The second-order valence-corrected chi connectivity index (χ2v) is 6.87. The first-order valence-corrected chi connectivity index (χ1v) is 9.12. The van der Waals surface area contributed by atoms with E-state index in [9.17, 15) is 4.79 Å². The first-order valence-electron chi connectivity index (χ1n) is 8.24. The van der Waals surface area contributed by atoms with Gasteiger partial charge in [-0.2, -0.15) is 5.10 Å². The summed E-state index contributed by atoms with van der Waals surface area (Å²) >= 11 is 1.61. The Hall–Kier alpha value is -3.00. The lowest BCUT2D eigenvalue weighted by molar-refractivity contribution is 0.0759. The molecule has 1 atom stereocenters. The number of anilines is 1. The fraction of sp³-hybridized carbons (Fsp3) is 0.222. The highest BCUT2D eigenvalue weighted by molar-refractivity contribution is 7.09. The molecule has 8 heteroatoms. The van der Waals surface area contributed by atoms with Gasteiger partial charge in [-0.3, -0.25) is 4.68 Å². The lowest BCUT2D eigenvalue weighted by Gasteiger charge is -2.26. The van der Waals surface area contributed by atoms with Crippen LogP contribution in [0.1, 0.15) is 4.88 Å². The SMILES string of the molecule is O=C(NCc1cccs1)Nc1cnn(C[C@H]2COc3ccccc3O2)c1. The number of para-hydroxylation sites is 2. The Labute approximate surface area is 154 Å². The molecule has 2 amide bonds. The third-order valence-corrected chi connectivity index (χ3v) is 4.73. The molecule has 1 aliphatic rings. The molecule has 0 saturated carbocycles. The molecule has 3 heterocycles. The molecule has 0 aliphatic carbocycles. The minimum atomic E-state index is -0.260. The summed E-state index contributed by atoms with van der Waals surface area (Å²) in [6.45, 7) is 1.50. The normalized spacial score (nSPS) is 15.5. The maximum absolute atomic E-state index is 11.9. The van der Waals surface area contributed by atoms with Gasteiger partial charge in [-0.15, -0.1) is 11.3 Å². The van der Waals surface area contributed by atoms with Gasteiger partial charge in [-0.1, -0.05) is 18.2 Å². The van der Waals surface area contributed by atoms with Gasteiger partial charge in [0.15, 0.2) is 17.6 Å². The minimum absolute atomic E-state index is 0.134. The zero-order valence-corrected chi connectivity index (χ0v) is 14.7. The number of fused-ring (bicyclic) bond motifs is 1. The van der Waals surface area contributed by atoms with Crippen molar-refractivity contribution in [1.82, 2.24) is 15.1 Å². The van der Waals surface area contributed by atoms with E-state index in [0.717, 1.165) is 16.4 Å². The number of aromatic nitrogens is 2. The molecular weight excluding hydrogens is 352 g/mol. The summed E-state index contributed by atoms with van der Waals surface area (Å²) < 4.78 is 13.4. The Bertz CT molecular complexity index is 878. The second-order valence-electron chi connectivity index (χ2n) is 5.84. The molecule has 2 N–H and O–H groups in total. The highest BCUT2D eigenvalue weighted by Gasteiger charge is 2.21. The molecule has 4 rings (SSSR count). The third kappa shape index (κ3) is 3.97. The van der Waals surface area contributed by atoms with Gasteiger partial charge in [0.25, 0.3) is 0 Å². The summed E-state index contributed by atoms with van der Waals surface area (Å²) in [6, 6.07) is 11.3. The highest BCUT2D eigenvalue weighted by atomic mass is 32.1. The molecule has 1 aromatic carbocycles. The van der Waals surface area contributed by atoms with Gasteiger partial charge >= 0.3 is 6.03 Å². The molecule has 3 aromatic rings. The van der Waals surface area contributed by atoms with E-state index in [1.807, 2.05) is 41.8 Å². The number of hydrogen-bond donors (Lipinski definition) is 2. The minimum Gasteiger partial charge on any atom is -0.486 e. The van der Waals surface area contributed by atoms with Gasteiger partial charge in [-0.05, 0) is 23.6 Å². The standard InChI is InChI=1S/C18H18N4O3S/c23-18(19-9-15-4-3-7-26-15)21-13-8-20-22(10-13)11-14-12-24-16-5-1-2-6-17(16)25-14/h1-8,10,14H,9,11-12H2,(H2,19,21,23)/t14-/m0/s1. The number of hydrogen-bond acceptors (Lipinski definition) is 5. The molecule has 0 fully saturated rings. The molecule has 0 spiro atoms. The molecule has 0 radical (unpaired) electrons. The number of nitrogens with zero attached hydrogens (tertiary/aromatic N) is 2. The summed E-state index contributed by atoms with van der Waals surface area (Å²) in [6.07, 6.45) is 3.25. The van der Waals surface area contributed by atoms with E-state index in [-0.39, 0.29) is 12.1 Å². The summed E-state index contributed by atoms with van der Waals surface area (Å²) in [5.41, 5.74) is 0.630. The van der Waals surface area contributed by atoms with Crippen LogP contribution >= 0.6 is 11.3 Å². The van der Waals surface area contributed by atoms with E-state index < -0.39 is 0 Å². The van der Waals surface area contributed by atoms with E-state index in [0.29, 0.717) is 25.4 Å². The van der Waals surface area contributed by atoms with Gasteiger partial charge in [0.1, 0.15) is 6.61 Å². The maximum Gasteiger partial charge on any atom is 0.319 e. The molecule has 134 valence electrons. The van der Waals surface area contributed by atoms with Crippen molar-refractivity contribution in [1.29, 1.82) is 0 Å². The number of carbonyl (C=O) groups is 1. The summed E-state index contributed by atoms with van der Waals surface area (Å²) in [5, 5.41) is 11.8. The van der Waals surface area contributed by atoms with Crippen molar-refractivity contribution in [3.05, 3.63) is 59.0 Å². The van der Waals surface area contributed by atoms with Crippen molar-refractivity contribution in [3.63, 3.8) is 0 Å². The monoisotopic (exact) mass is 370 g/mol. The smallest absolute Gasteiger partial charge is 0.319 e. The molecule has 0 unspecified atom stereocenters. The van der Waals surface area contributed by atoms with Crippen LogP contribution in [-0.2, 0) is 13.1 Å². The lowest BCUT2D eigenvalue weighted by Crippen LogP contribution is -2.33. The fourth-order valence-corrected chi connectivity index (χ4v) is 3.29. The van der Waals surface area contributed by atoms with Gasteiger partial charge in [0, 0.05) is 11.1 Å². The van der Waals surface area contributed by atoms with E-state index >= 15 is 0 Å². The van der Waals surface area contributed by atoms with Crippen molar-refractivity contribution in [3.8, 4) is 11.5 Å². The Kier molecular flexibility index (Phi) is 4.74. The molecule has 7 nitrogen and oxygen atoms in total. The molecule has 2 aromatic heterocycles. The third-order valence-electron chi connectivity index (χ3n) is 3.85. The topological polar surface area (TPSA) is 77.4 Å². The predicted molar refractivity (Wildman–Crippen MR) is 98.8 cm³/mol. The number of nitrogens with one attached hydrogen (secondary N) is 2. The van der Waals surface area contributed by atoms with Crippen molar-refractivity contribution >= 4 is 23.1 Å². The van der Waals surface area contributed by atoms with Crippen molar-refractivity contribution in [2.45, 2.75) is 19.2 Å².